The van der Waals surface area contributed by atoms with Crippen LogP contribution in [0.1, 0.15) is 15.9 Å². The summed E-state index contributed by atoms with van der Waals surface area (Å²) in [6.07, 6.45) is 0.906. The second kappa shape index (κ2) is 8.72. The van der Waals surface area contributed by atoms with Gasteiger partial charge in [-0.1, -0.05) is 30.3 Å². The summed E-state index contributed by atoms with van der Waals surface area (Å²) in [6.45, 7) is 0.822. The number of carbonyl (C=O) groups is 1. The fourth-order valence-electron chi connectivity index (χ4n) is 2.64. The summed E-state index contributed by atoms with van der Waals surface area (Å²) in [5.41, 5.74) is 3.67. The molecule has 26 heavy (non-hydrogen) atoms. The number of hydrogen-bond acceptors (Lipinski definition) is 3. The van der Waals surface area contributed by atoms with E-state index in [0.29, 0.717) is 5.56 Å². The number of amides is 1. The Balaban J connectivity index is 1.50. The van der Waals surface area contributed by atoms with Gasteiger partial charge in [0.2, 0.25) is 0 Å². The van der Waals surface area contributed by atoms with Crippen molar-refractivity contribution >= 4 is 17.3 Å². The molecule has 0 atom stereocenters. The monoisotopic (exact) mass is 346 g/mol. The fraction of sp³-hybridized carbons (Fsp3) is 0.136. The molecule has 0 aromatic heterocycles. The van der Waals surface area contributed by atoms with Crippen molar-refractivity contribution in [3.8, 4) is 5.75 Å². The molecule has 4 heteroatoms. The predicted molar refractivity (Wildman–Crippen MR) is 106 cm³/mol. The molecule has 3 rings (SSSR count). The van der Waals surface area contributed by atoms with Crippen molar-refractivity contribution in [1.29, 1.82) is 0 Å². The van der Waals surface area contributed by atoms with Gasteiger partial charge in [0, 0.05) is 23.5 Å². The molecular weight excluding hydrogens is 324 g/mol. The van der Waals surface area contributed by atoms with Crippen molar-refractivity contribution < 1.29 is 9.53 Å². The number of ether oxygens (including phenoxy) is 1. The zero-order chi connectivity index (χ0) is 18.2. The maximum Gasteiger partial charge on any atom is 0.255 e. The number of methoxy groups -OCH3 is 1. The van der Waals surface area contributed by atoms with E-state index in [1.165, 1.54) is 5.56 Å². The van der Waals surface area contributed by atoms with Gasteiger partial charge in [0.25, 0.3) is 5.91 Å². The summed E-state index contributed by atoms with van der Waals surface area (Å²) >= 11 is 0. The molecule has 3 aromatic rings. The molecule has 0 spiro atoms. The third kappa shape index (κ3) is 4.86. The maximum atomic E-state index is 12.1. The van der Waals surface area contributed by atoms with Gasteiger partial charge in [0.1, 0.15) is 5.75 Å². The number of nitrogens with one attached hydrogen (secondary N) is 2. The standard InChI is InChI=1S/C22H22N2O2/c1-26-21-9-5-6-17(16-21)14-15-23-19-10-12-20(13-11-19)24-22(25)18-7-3-2-4-8-18/h2-13,16,23H,14-15H2,1H3,(H,24,25). The lowest BCUT2D eigenvalue weighted by Crippen LogP contribution is -2.11. The summed E-state index contributed by atoms with van der Waals surface area (Å²) in [5, 5.41) is 6.29. The average Bonchev–Trinajstić information content (AvgIpc) is 2.70. The van der Waals surface area contributed by atoms with Crippen LogP contribution < -0.4 is 15.4 Å². The fourth-order valence-corrected chi connectivity index (χ4v) is 2.64. The molecule has 3 aromatic carbocycles. The molecular formula is C22H22N2O2. The summed E-state index contributed by atoms with van der Waals surface area (Å²) in [6, 6.07) is 25.0. The van der Waals surface area contributed by atoms with Crippen LogP contribution in [0.5, 0.6) is 5.75 Å². The quantitative estimate of drug-likeness (QED) is 0.657. The summed E-state index contributed by atoms with van der Waals surface area (Å²) in [4.78, 5) is 12.1. The lowest BCUT2D eigenvalue weighted by molar-refractivity contribution is 0.102. The molecule has 132 valence electrons. The Kier molecular flexibility index (Phi) is 5.88. The normalized spacial score (nSPS) is 10.2. The Morgan fingerprint density at radius 2 is 1.62 bits per heavy atom. The number of anilines is 2. The van der Waals surface area contributed by atoms with E-state index in [9.17, 15) is 4.79 Å². The highest BCUT2D eigenvalue weighted by Crippen LogP contribution is 2.16. The first-order chi connectivity index (χ1) is 12.7. The largest absolute Gasteiger partial charge is 0.497 e. The van der Waals surface area contributed by atoms with Crippen molar-refractivity contribution in [1.82, 2.24) is 0 Å². The van der Waals surface area contributed by atoms with Crippen LogP contribution in [-0.2, 0) is 6.42 Å². The minimum Gasteiger partial charge on any atom is -0.497 e. The maximum absolute atomic E-state index is 12.1. The zero-order valence-electron chi connectivity index (χ0n) is 14.7. The smallest absolute Gasteiger partial charge is 0.255 e. The number of rotatable bonds is 7. The van der Waals surface area contributed by atoms with Crippen LogP contribution in [0, 0.1) is 0 Å². The van der Waals surface area contributed by atoms with Gasteiger partial charge in [-0.15, -0.1) is 0 Å². The number of hydrogen-bond donors (Lipinski definition) is 2. The van der Waals surface area contributed by atoms with Crippen LogP contribution >= 0.6 is 0 Å². The second-order valence-corrected chi connectivity index (χ2v) is 5.93. The van der Waals surface area contributed by atoms with Gasteiger partial charge in [-0.05, 0) is 60.5 Å². The molecule has 4 nitrogen and oxygen atoms in total. The lowest BCUT2D eigenvalue weighted by atomic mass is 10.1. The highest BCUT2D eigenvalue weighted by atomic mass is 16.5. The van der Waals surface area contributed by atoms with E-state index in [4.69, 9.17) is 4.74 Å². The van der Waals surface area contributed by atoms with Crippen LogP contribution in [0.2, 0.25) is 0 Å². The predicted octanol–water partition coefficient (Wildman–Crippen LogP) is 4.60. The molecule has 0 fully saturated rings. The first-order valence-electron chi connectivity index (χ1n) is 8.58. The summed E-state index contributed by atoms with van der Waals surface area (Å²) < 4.78 is 5.24. The Morgan fingerprint density at radius 1 is 0.885 bits per heavy atom. The summed E-state index contributed by atoms with van der Waals surface area (Å²) in [5.74, 6) is 0.769. The zero-order valence-corrected chi connectivity index (χ0v) is 14.7. The molecule has 0 bridgehead atoms. The molecule has 2 N–H and O–H groups in total. The molecule has 0 radical (unpaired) electrons. The van der Waals surface area contributed by atoms with Crippen molar-refractivity contribution in [2.45, 2.75) is 6.42 Å². The molecule has 1 amide bonds. The van der Waals surface area contributed by atoms with Crippen LogP contribution in [-0.4, -0.2) is 19.6 Å². The molecule has 0 aliphatic heterocycles. The number of benzene rings is 3. The Morgan fingerprint density at radius 3 is 2.35 bits per heavy atom. The van der Waals surface area contributed by atoms with Gasteiger partial charge in [-0.2, -0.15) is 0 Å². The van der Waals surface area contributed by atoms with E-state index in [1.807, 2.05) is 60.7 Å². The Hall–Kier alpha value is -3.27. The molecule has 0 unspecified atom stereocenters. The third-order valence-electron chi connectivity index (χ3n) is 4.06. The summed E-state index contributed by atoms with van der Waals surface area (Å²) in [7, 11) is 1.68. The molecule has 0 aliphatic carbocycles. The average molecular weight is 346 g/mol. The van der Waals surface area contributed by atoms with E-state index in [1.54, 1.807) is 19.2 Å². The first kappa shape index (κ1) is 17.5. The third-order valence-corrected chi connectivity index (χ3v) is 4.06. The molecule has 0 aliphatic rings. The first-order valence-corrected chi connectivity index (χ1v) is 8.58. The van der Waals surface area contributed by atoms with E-state index in [2.05, 4.69) is 16.7 Å². The van der Waals surface area contributed by atoms with Crippen LogP contribution in [0.25, 0.3) is 0 Å². The van der Waals surface area contributed by atoms with Crippen molar-refractivity contribution in [2.24, 2.45) is 0 Å². The van der Waals surface area contributed by atoms with Gasteiger partial charge >= 0.3 is 0 Å². The molecule has 0 saturated heterocycles. The highest BCUT2D eigenvalue weighted by Gasteiger charge is 2.04. The van der Waals surface area contributed by atoms with Gasteiger partial charge < -0.3 is 15.4 Å². The van der Waals surface area contributed by atoms with Crippen LogP contribution in [0.3, 0.4) is 0 Å². The van der Waals surface area contributed by atoms with Gasteiger partial charge in [0.15, 0.2) is 0 Å². The van der Waals surface area contributed by atoms with E-state index >= 15 is 0 Å². The van der Waals surface area contributed by atoms with Crippen molar-refractivity contribution in [3.05, 3.63) is 90.0 Å². The van der Waals surface area contributed by atoms with Crippen LogP contribution in [0.4, 0.5) is 11.4 Å². The van der Waals surface area contributed by atoms with Crippen molar-refractivity contribution in [3.63, 3.8) is 0 Å². The van der Waals surface area contributed by atoms with E-state index in [0.717, 1.165) is 30.1 Å². The Labute approximate surface area is 153 Å². The Bertz CT molecular complexity index is 846. The molecule has 0 heterocycles. The topological polar surface area (TPSA) is 50.4 Å². The van der Waals surface area contributed by atoms with Gasteiger partial charge in [-0.25, -0.2) is 0 Å². The van der Waals surface area contributed by atoms with Gasteiger partial charge in [0.05, 0.1) is 7.11 Å². The van der Waals surface area contributed by atoms with Gasteiger partial charge in [-0.3, -0.25) is 4.79 Å². The number of carbonyl (C=O) groups excluding carboxylic acids is 1. The lowest BCUT2D eigenvalue weighted by Gasteiger charge is -2.09. The van der Waals surface area contributed by atoms with Crippen molar-refractivity contribution in [2.75, 3.05) is 24.3 Å². The van der Waals surface area contributed by atoms with Crippen LogP contribution in [0.15, 0.2) is 78.9 Å². The van der Waals surface area contributed by atoms with E-state index in [-0.39, 0.29) is 5.91 Å². The minimum absolute atomic E-state index is 0.107. The SMILES string of the molecule is COc1cccc(CCNc2ccc(NC(=O)c3ccccc3)cc2)c1. The second-order valence-electron chi connectivity index (χ2n) is 5.93. The molecule has 0 saturated carbocycles. The highest BCUT2D eigenvalue weighted by molar-refractivity contribution is 6.04. The van der Waals surface area contributed by atoms with E-state index < -0.39 is 0 Å². The minimum atomic E-state index is -0.107.